The van der Waals surface area contributed by atoms with E-state index in [0.717, 1.165) is 14.9 Å². The van der Waals surface area contributed by atoms with Gasteiger partial charge in [0.05, 0.1) is 4.88 Å². The highest BCUT2D eigenvalue weighted by atomic mass is 127. The van der Waals surface area contributed by atoms with Crippen LogP contribution in [0.1, 0.15) is 19.3 Å². The van der Waals surface area contributed by atoms with Gasteiger partial charge in [0.2, 0.25) is 0 Å². The topological polar surface area (TPSA) is 66.4 Å². The van der Waals surface area contributed by atoms with E-state index in [0.29, 0.717) is 10.6 Å². The molecule has 0 saturated carbocycles. The van der Waals surface area contributed by atoms with Crippen molar-refractivity contribution in [3.05, 3.63) is 49.7 Å². The third-order valence-electron chi connectivity index (χ3n) is 2.12. The van der Waals surface area contributed by atoms with Gasteiger partial charge in [-0.15, -0.1) is 11.3 Å². The molecule has 4 nitrogen and oxygen atoms in total. The number of nitrogens with one attached hydrogen (secondary N) is 1. The van der Waals surface area contributed by atoms with Gasteiger partial charge in [0, 0.05) is 9.26 Å². The van der Waals surface area contributed by atoms with Gasteiger partial charge in [0.15, 0.2) is 0 Å². The number of carboxylic acid groups (broad SMARTS) is 1. The summed E-state index contributed by atoms with van der Waals surface area (Å²) in [4.78, 5) is 23.1. The van der Waals surface area contributed by atoms with E-state index >= 15 is 0 Å². The molecule has 0 aliphatic heterocycles. The predicted molar refractivity (Wildman–Crippen MR) is 78.4 cm³/mol. The van der Waals surface area contributed by atoms with Gasteiger partial charge in [-0.1, -0.05) is 6.07 Å². The van der Waals surface area contributed by atoms with Crippen molar-refractivity contribution < 1.29 is 14.7 Å². The van der Waals surface area contributed by atoms with Crippen LogP contribution in [-0.2, 0) is 0 Å². The standard InChI is InChI=1S/C12H8INO3S/c13-7-2-1-3-8(6-7)14-11(15)9-4-5-10(18-9)12(16)17/h1-6H,(H,14,15)(H,16,17). The monoisotopic (exact) mass is 373 g/mol. The first-order valence-corrected chi connectivity index (χ1v) is 6.86. The summed E-state index contributed by atoms with van der Waals surface area (Å²) in [5.74, 6) is -1.32. The van der Waals surface area contributed by atoms with Crippen LogP contribution in [-0.4, -0.2) is 17.0 Å². The number of halogens is 1. The summed E-state index contributed by atoms with van der Waals surface area (Å²) in [7, 11) is 0. The fourth-order valence-electron chi connectivity index (χ4n) is 1.33. The molecule has 18 heavy (non-hydrogen) atoms. The van der Waals surface area contributed by atoms with Crippen LogP contribution in [0.4, 0.5) is 5.69 Å². The van der Waals surface area contributed by atoms with Crippen LogP contribution >= 0.6 is 33.9 Å². The lowest BCUT2D eigenvalue weighted by molar-refractivity contribution is 0.0702. The summed E-state index contributed by atoms with van der Waals surface area (Å²) in [5, 5.41) is 11.5. The van der Waals surface area contributed by atoms with Crippen LogP contribution in [0, 0.1) is 3.57 Å². The smallest absolute Gasteiger partial charge is 0.345 e. The molecule has 2 rings (SSSR count). The van der Waals surface area contributed by atoms with Crippen molar-refractivity contribution in [2.75, 3.05) is 5.32 Å². The van der Waals surface area contributed by atoms with E-state index in [4.69, 9.17) is 5.11 Å². The molecule has 0 bridgehead atoms. The lowest BCUT2D eigenvalue weighted by Crippen LogP contribution is -2.10. The Morgan fingerprint density at radius 3 is 2.50 bits per heavy atom. The highest BCUT2D eigenvalue weighted by Gasteiger charge is 2.12. The molecule has 0 spiro atoms. The minimum Gasteiger partial charge on any atom is -0.477 e. The Kier molecular flexibility index (Phi) is 3.97. The van der Waals surface area contributed by atoms with Crippen molar-refractivity contribution in [1.82, 2.24) is 0 Å². The van der Waals surface area contributed by atoms with E-state index in [9.17, 15) is 9.59 Å². The summed E-state index contributed by atoms with van der Waals surface area (Å²) in [6.07, 6.45) is 0. The zero-order valence-corrected chi connectivity index (χ0v) is 12.0. The fraction of sp³-hybridized carbons (Fsp3) is 0. The van der Waals surface area contributed by atoms with E-state index in [1.807, 2.05) is 18.2 Å². The average Bonchev–Trinajstić information content (AvgIpc) is 2.78. The summed E-state index contributed by atoms with van der Waals surface area (Å²) >= 11 is 3.11. The van der Waals surface area contributed by atoms with E-state index < -0.39 is 5.97 Å². The van der Waals surface area contributed by atoms with Gasteiger partial charge >= 0.3 is 5.97 Å². The van der Waals surface area contributed by atoms with E-state index in [1.54, 1.807) is 6.07 Å². The Hall–Kier alpha value is -1.41. The van der Waals surface area contributed by atoms with Crippen LogP contribution in [0.5, 0.6) is 0 Å². The molecule has 2 N–H and O–H groups in total. The predicted octanol–water partition coefficient (Wildman–Crippen LogP) is 3.30. The fourth-order valence-corrected chi connectivity index (χ4v) is 2.62. The van der Waals surface area contributed by atoms with Crippen molar-refractivity contribution in [2.45, 2.75) is 0 Å². The largest absolute Gasteiger partial charge is 0.477 e. The summed E-state index contributed by atoms with van der Waals surface area (Å²) < 4.78 is 1.02. The zero-order chi connectivity index (χ0) is 13.1. The number of thiophene rings is 1. The number of carbonyl (C=O) groups excluding carboxylic acids is 1. The third kappa shape index (κ3) is 3.08. The van der Waals surface area contributed by atoms with Gasteiger partial charge in [0.25, 0.3) is 5.91 Å². The highest BCUT2D eigenvalue weighted by molar-refractivity contribution is 14.1. The number of rotatable bonds is 3. The van der Waals surface area contributed by atoms with Gasteiger partial charge < -0.3 is 10.4 Å². The van der Waals surface area contributed by atoms with Gasteiger partial charge in [-0.25, -0.2) is 4.79 Å². The molecule has 1 amide bonds. The molecule has 0 unspecified atom stereocenters. The molecule has 1 heterocycles. The molecular weight excluding hydrogens is 365 g/mol. The first-order chi connectivity index (χ1) is 8.56. The number of amides is 1. The van der Waals surface area contributed by atoms with E-state index in [1.165, 1.54) is 12.1 Å². The summed E-state index contributed by atoms with van der Waals surface area (Å²) in [5.41, 5.74) is 0.692. The lowest BCUT2D eigenvalue weighted by Gasteiger charge is -2.03. The van der Waals surface area contributed by atoms with Gasteiger partial charge in [-0.05, 0) is 52.9 Å². The Labute approximate surface area is 121 Å². The maximum absolute atomic E-state index is 11.9. The minimum atomic E-state index is -1.02. The molecule has 0 atom stereocenters. The third-order valence-corrected chi connectivity index (χ3v) is 3.87. The van der Waals surface area contributed by atoms with Crippen molar-refractivity contribution in [2.24, 2.45) is 0 Å². The number of hydrogen-bond acceptors (Lipinski definition) is 3. The SMILES string of the molecule is O=C(O)c1ccc(C(=O)Nc2cccc(I)c2)s1. The second-order valence-corrected chi connectivity index (χ2v) is 5.76. The Morgan fingerprint density at radius 1 is 1.17 bits per heavy atom. The second kappa shape index (κ2) is 5.49. The van der Waals surface area contributed by atoms with Crippen molar-refractivity contribution >= 4 is 51.5 Å². The lowest BCUT2D eigenvalue weighted by atomic mass is 10.3. The molecule has 0 saturated heterocycles. The Bertz CT molecular complexity index is 609. The minimum absolute atomic E-state index is 0.155. The second-order valence-electron chi connectivity index (χ2n) is 3.43. The molecular formula is C12H8INO3S. The first-order valence-electron chi connectivity index (χ1n) is 4.96. The van der Waals surface area contributed by atoms with Crippen LogP contribution in [0.3, 0.4) is 0 Å². The molecule has 0 radical (unpaired) electrons. The number of benzene rings is 1. The number of carboxylic acids is 1. The molecule has 1 aromatic heterocycles. The van der Waals surface area contributed by atoms with Gasteiger partial charge in [-0.3, -0.25) is 4.79 Å². The molecule has 6 heteroatoms. The number of hydrogen-bond donors (Lipinski definition) is 2. The van der Waals surface area contributed by atoms with E-state index in [2.05, 4.69) is 27.9 Å². The van der Waals surface area contributed by atoms with Crippen molar-refractivity contribution in [3.63, 3.8) is 0 Å². The van der Waals surface area contributed by atoms with Crippen LogP contribution in [0.2, 0.25) is 0 Å². The van der Waals surface area contributed by atoms with Crippen LogP contribution in [0.25, 0.3) is 0 Å². The first kappa shape index (κ1) is 13.0. The zero-order valence-electron chi connectivity index (χ0n) is 9.01. The number of carbonyl (C=O) groups is 2. The average molecular weight is 373 g/mol. The molecule has 0 aliphatic carbocycles. The number of anilines is 1. The maximum atomic E-state index is 11.9. The molecule has 2 aromatic rings. The maximum Gasteiger partial charge on any atom is 0.345 e. The molecule has 0 aliphatic rings. The Morgan fingerprint density at radius 2 is 1.89 bits per heavy atom. The number of aromatic carboxylic acids is 1. The normalized spacial score (nSPS) is 10.1. The molecule has 0 fully saturated rings. The Balaban J connectivity index is 2.14. The van der Waals surface area contributed by atoms with Crippen LogP contribution in [0.15, 0.2) is 36.4 Å². The van der Waals surface area contributed by atoms with Crippen molar-refractivity contribution in [3.8, 4) is 0 Å². The van der Waals surface area contributed by atoms with Gasteiger partial charge in [0.1, 0.15) is 4.88 Å². The van der Waals surface area contributed by atoms with Gasteiger partial charge in [-0.2, -0.15) is 0 Å². The molecule has 1 aromatic carbocycles. The highest BCUT2D eigenvalue weighted by Crippen LogP contribution is 2.19. The van der Waals surface area contributed by atoms with E-state index in [-0.39, 0.29) is 10.8 Å². The summed E-state index contributed by atoms with van der Waals surface area (Å²) in [6, 6.07) is 10.3. The van der Waals surface area contributed by atoms with Crippen molar-refractivity contribution in [1.29, 1.82) is 0 Å². The molecule has 92 valence electrons. The van der Waals surface area contributed by atoms with Crippen LogP contribution < -0.4 is 5.32 Å². The summed E-state index contributed by atoms with van der Waals surface area (Å²) in [6.45, 7) is 0. The quantitative estimate of drug-likeness (QED) is 0.812.